The first-order chi connectivity index (χ1) is 30.3. The molecule has 4 fully saturated rings. The minimum atomic E-state index is -2.02. The van der Waals surface area contributed by atoms with E-state index in [0.717, 1.165) is 6.92 Å². The van der Waals surface area contributed by atoms with Crippen molar-refractivity contribution in [1.29, 1.82) is 0 Å². The predicted octanol–water partition coefficient (Wildman–Crippen LogP) is 5.76. The Morgan fingerprint density at radius 3 is 1.97 bits per heavy atom. The zero-order chi connectivity index (χ0) is 45.9. The number of Topliss-reactive ketones (excluding diaryl/α,β-unsaturated/α-hetero) is 1. The van der Waals surface area contributed by atoms with Crippen LogP contribution in [-0.4, -0.2) is 96.0 Å². The van der Waals surface area contributed by atoms with Gasteiger partial charge in [-0.2, -0.15) is 0 Å². The van der Waals surface area contributed by atoms with Gasteiger partial charge in [-0.05, 0) is 36.1 Å². The Bertz CT molecular complexity index is 2430. The van der Waals surface area contributed by atoms with Crippen LogP contribution in [0, 0.1) is 16.7 Å². The highest BCUT2D eigenvalue weighted by Gasteiger charge is 2.83. The van der Waals surface area contributed by atoms with Gasteiger partial charge in [-0.25, -0.2) is 4.79 Å². The lowest BCUT2D eigenvalue weighted by Crippen LogP contribution is -2.83. The SMILES string of the molecule is CC(=O)O[C@H]1C(=O)[C@]2(C)[C@@H](OC(=O)Cc3ccc(C(=O)c4ccccc4)cc3)C[C@H]3OC[C@@]3(OC(C)=O)[C@H]2[C@H](OCc2ccccc2)[C@]23OC(=O)O[C@H]2[C@H](OC(C)=O)C(C)=C1C3(C)C. The number of fused-ring (bicyclic) bond motifs is 4. The molecule has 3 aliphatic carbocycles. The molecular formula is C49H50O15. The van der Waals surface area contributed by atoms with E-state index in [-0.39, 0.29) is 43.0 Å². The van der Waals surface area contributed by atoms with Crippen molar-refractivity contribution in [3.8, 4) is 0 Å². The summed E-state index contributed by atoms with van der Waals surface area (Å²) in [5.74, 6) is -5.37. The topological polar surface area (TPSA) is 193 Å². The molecule has 3 aromatic rings. The molecule has 5 aliphatic rings. The van der Waals surface area contributed by atoms with Crippen LogP contribution < -0.4 is 0 Å². The minimum absolute atomic E-state index is 0.132. The lowest BCUT2D eigenvalue weighted by Gasteiger charge is -2.67. The third-order valence-corrected chi connectivity index (χ3v) is 13.8. The molecule has 2 saturated carbocycles. The van der Waals surface area contributed by atoms with Gasteiger partial charge in [-0.15, -0.1) is 0 Å². The van der Waals surface area contributed by atoms with Crippen LogP contribution in [0.2, 0.25) is 0 Å². The minimum Gasteiger partial charge on any atom is -0.461 e. The molecule has 1 spiro atoms. The molecule has 15 nitrogen and oxygen atoms in total. The number of rotatable bonds is 11. The monoisotopic (exact) mass is 878 g/mol. The second-order valence-electron chi connectivity index (χ2n) is 17.9. The fourth-order valence-corrected chi connectivity index (χ4v) is 11.1. The smallest absolute Gasteiger partial charge is 0.461 e. The molecule has 2 heterocycles. The van der Waals surface area contributed by atoms with Crippen LogP contribution in [0.1, 0.15) is 81.9 Å². The molecule has 15 heteroatoms. The summed E-state index contributed by atoms with van der Waals surface area (Å²) in [7, 11) is 0. The van der Waals surface area contributed by atoms with E-state index in [2.05, 4.69) is 0 Å². The van der Waals surface area contributed by atoms with Crippen molar-refractivity contribution in [2.45, 2.75) is 116 Å². The molecular weight excluding hydrogens is 829 g/mol. The fraction of sp³-hybridized carbons (Fsp3) is 0.449. The molecule has 3 aromatic carbocycles. The van der Waals surface area contributed by atoms with Gasteiger partial charge in [0.2, 0.25) is 0 Å². The van der Waals surface area contributed by atoms with Gasteiger partial charge in [0.1, 0.15) is 18.3 Å². The number of hydrogen-bond donors (Lipinski definition) is 0. The summed E-state index contributed by atoms with van der Waals surface area (Å²) in [6, 6.07) is 24.3. The van der Waals surface area contributed by atoms with E-state index in [9.17, 15) is 28.8 Å². The Balaban J connectivity index is 1.30. The van der Waals surface area contributed by atoms with Crippen LogP contribution in [-0.2, 0) is 74.9 Å². The highest BCUT2D eigenvalue weighted by Crippen LogP contribution is 2.67. The second kappa shape index (κ2) is 16.4. The lowest BCUT2D eigenvalue weighted by molar-refractivity contribution is -0.351. The van der Waals surface area contributed by atoms with Crippen LogP contribution in [0.4, 0.5) is 4.79 Å². The third-order valence-electron chi connectivity index (χ3n) is 13.8. The summed E-state index contributed by atoms with van der Waals surface area (Å²) in [6.45, 7) is 9.69. The quantitative estimate of drug-likeness (QED) is 0.0976. The third kappa shape index (κ3) is 7.09. The Morgan fingerprint density at radius 2 is 1.38 bits per heavy atom. The molecule has 64 heavy (non-hydrogen) atoms. The van der Waals surface area contributed by atoms with Gasteiger partial charge in [-0.3, -0.25) is 28.8 Å². The Hall–Kier alpha value is -6.19. The Morgan fingerprint density at radius 1 is 0.750 bits per heavy atom. The van der Waals surface area contributed by atoms with Crippen LogP contribution in [0.25, 0.3) is 0 Å². The first-order valence-electron chi connectivity index (χ1n) is 21.2. The summed E-state index contributed by atoms with van der Waals surface area (Å²) >= 11 is 0. The largest absolute Gasteiger partial charge is 0.509 e. The normalized spacial score (nSPS) is 32.1. The summed E-state index contributed by atoms with van der Waals surface area (Å²) in [5.41, 5.74) is -4.65. The molecule has 336 valence electrons. The second-order valence-corrected chi connectivity index (χ2v) is 17.9. The maximum atomic E-state index is 16.1. The van der Waals surface area contributed by atoms with Gasteiger partial charge in [0.15, 0.2) is 41.1 Å². The van der Waals surface area contributed by atoms with E-state index in [4.69, 9.17) is 37.9 Å². The van der Waals surface area contributed by atoms with E-state index < -0.39 is 100 Å². The molecule has 0 unspecified atom stereocenters. The van der Waals surface area contributed by atoms with Crippen molar-refractivity contribution in [1.82, 2.24) is 0 Å². The summed E-state index contributed by atoms with van der Waals surface area (Å²) in [6.07, 6.45) is -9.90. The summed E-state index contributed by atoms with van der Waals surface area (Å²) < 4.78 is 50.3. The number of hydrogen-bond acceptors (Lipinski definition) is 15. The van der Waals surface area contributed by atoms with Crippen LogP contribution in [0.5, 0.6) is 0 Å². The molecule has 0 aromatic heterocycles. The first-order valence-corrected chi connectivity index (χ1v) is 21.2. The van der Waals surface area contributed by atoms with E-state index >= 15 is 4.79 Å². The van der Waals surface area contributed by atoms with Gasteiger partial charge in [0.05, 0.1) is 31.0 Å². The zero-order valence-electron chi connectivity index (χ0n) is 36.6. The highest BCUT2D eigenvalue weighted by molar-refractivity contribution is 6.09. The van der Waals surface area contributed by atoms with Gasteiger partial charge in [0, 0.05) is 43.7 Å². The van der Waals surface area contributed by atoms with Crippen molar-refractivity contribution in [3.05, 3.63) is 118 Å². The average Bonchev–Trinajstić information content (AvgIpc) is 3.61. The van der Waals surface area contributed by atoms with Gasteiger partial charge >= 0.3 is 30.0 Å². The van der Waals surface area contributed by atoms with Crippen LogP contribution in [0.15, 0.2) is 96.1 Å². The van der Waals surface area contributed by atoms with Crippen molar-refractivity contribution >= 4 is 41.6 Å². The number of benzene rings is 3. The van der Waals surface area contributed by atoms with E-state index in [0.29, 0.717) is 22.3 Å². The number of ether oxygens (including phenoxy) is 8. The van der Waals surface area contributed by atoms with E-state index in [1.165, 1.54) is 13.8 Å². The molecule has 10 atom stereocenters. The van der Waals surface area contributed by atoms with Crippen molar-refractivity contribution in [2.24, 2.45) is 16.7 Å². The number of carbonyl (C=O) groups is 7. The molecule has 0 N–H and O–H groups in total. The van der Waals surface area contributed by atoms with Crippen molar-refractivity contribution in [2.75, 3.05) is 6.61 Å². The lowest BCUT2D eigenvalue weighted by atomic mass is 9.44. The van der Waals surface area contributed by atoms with Gasteiger partial charge in [-0.1, -0.05) is 98.8 Å². The molecule has 8 rings (SSSR count). The number of ketones is 2. The number of carbonyl (C=O) groups excluding carboxylic acids is 7. The highest BCUT2D eigenvalue weighted by atomic mass is 16.8. The number of esters is 4. The van der Waals surface area contributed by atoms with Gasteiger partial charge in [0.25, 0.3) is 0 Å². The Labute approximate surface area is 369 Å². The zero-order valence-corrected chi connectivity index (χ0v) is 36.6. The van der Waals surface area contributed by atoms with E-state index in [1.807, 2.05) is 24.3 Å². The van der Waals surface area contributed by atoms with Crippen molar-refractivity contribution in [3.63, 3.8) is 0 Å². The fourth-order valence-electron chi connectivity index (χ4n) is 11.1. The molecule has 0 amide bonds. The maximum Gasteiger partial charge on any atom is 0.509 e. The molecule has 2 bridgehead atoms. The van der Waals surface area contributed by atoms with Crippen LogP contribution >= 0.6 is 0 Å². The molecule has 2 aliphatic heterocycles. The average molecular weight is 879 g/mol. The predicted molar refractivity (Wildman–Crippen MR) is 222 cm³/mol. The molecule has 2 saturated heterocycles. The standard InChI is InChI=1S/C49H50O15/c1-26-37-40(60-28(3)51)42(55)47(7)34(61-36(53)22-30-18-20-33(21-19-30)38(54)32-16-12-9-13-17-32)23-35-48(25-58-35,63-29(4)52)41(47)44(57-24-31-14-10-8-11-15-31)49(46(37,5)6)43(62-45(56)64-49)39(26)59-27(2)50/h8-21,34-35,39-41,43-44H,22-25H2,1-7H3/t34-,35+,39+,40+,41-,43-,44-,47+,48-,49+/m0/s1. The first kappa shape index (κ1) is 44.4. The summed E-state index contributed by atoms with van der Waals surface area (Å²) in [4.78, 5) is 96.6. The Kier molecular flexibility index (Phi) is 11.4. The van der Waals surface area contributed by atoms with Crippen molar-refractivity contribution < 1.29 is 71.5 Å². The maximum absolute atomic E-state index is 16.1. The summed E-state index contributed by atoms with van der Waals surface area (Å²) in [5, 5.41) is 0. The van der Waals surface area contributed by atoms with E-state index in [1.54, 1.807) is 88.4 Å². The molecule has 0 radical (unpaired) electrons. The van der Waals surface area contributed by atoms with Gasteiger partial charge < -0.3 is 37.9 Å². The van der Waals surface area contributed by atoms with Crippen LogP contribution in [0.3, 0.4) is 0 Å².